The lowest BCUT2D eigenvalue weighted by atomic mass is 10.1. The van der Waals surface area contributed by atoms with E-state index in [2.05, 4.69) is 5.32 Å². The Morgan fingerprint density at radius 2 is 2.44 bits per heavy atom. The molecule has 0 aromatic carbocycles. The maximum Gasteiger partial charge on any atom is 0.239 e. The molecule has 0 aromatic heterocycles. The van der Waals surface area contributed by atoms with Crippen LogP contribution in [-0.2, 0) is 14.3 Å². The Bertz CT molecular complexity index is 217. The summed E-state index contributed by atoms with van der Waals surface area (Å²) in [6.07, 6.45) is 3.35. The van der Waals surface area contributed by atoms with Crippen LogP contribution in [0.4, 0.5) is 0 Å². The van der Waals surface area contributed by atoms with E-state index < -0.39 is 6.04 Å². The minimum atomic E-state index is -0.586. The molecular weight excluding hydrogens is 208 g/mol. The normalized spacial score (nSPS) is 24.1. The van der Waals surface area contributed by atoms with E-state index in [-0.39, 0.29) is 24.7 Å². The van der Waals surface area contributed by atoms with Crippen LogP contribution in [0.2, 0.25) is 0 Å². The molecule has 5 nitrogen and oxygen atoms in total. The number of amides is 1. The molecule has 1 heterocycles. The predicted molar refractivity (Wildman–Crippen MR) is 61.0 cm³/mol. The Morgan fingerprint density at radius 1 is 1.69 bits per heavy atom. The molecule has 5 heteroatoms. The fraction of sp³-hybridized carbons (Fsp3) is 0.909. The third-order valence-corrected chi connectivity index (χ3v) is 2.71. The Kier molecular flexibility index (Phi) is 5.73. The first-order chi connectivity index (χ1) is 7.63. The van der Waals surface area contributed by atoms with E-state index in [1.54, 1.807) is 0 Å². The lowest BCUT2D eigenvalue weighted by molar-refractivity contribution is -0.124. The summed E-state index contributed by atoms with van der Waals surface area (Å²) < 4.78 is 10.3. The molecule has 0 spiro atoms. The SMILES string of the molecule is COCC(N)C(=O)NC(C)CC1CCCO1. The first kappa shape index (κ1) is 13.4. The molecule has 1 aliphatic rings. The van der Waals surface area contributed by atoms with Crippen LogP contribution in [0.3, 0.4) is 0 Å². The van der Waals surface area contributed by atoms with Crippen LogP contribution in [0.15, 0.2) is 0 Å². The third-order valence-electron chi connectivity index (χ3n) is 2.71. The second-order valence-electron chi connectivity index (χ2n) is 4.34. The zero-order valence-electron chi connectivity index (χ0n) is 10.1. The minimum Gasteiger partial charge on any atom is -0.383 e. The molecule has 1 fully saturated rings. The van der Waals surface area contributed by atoms with Crippen molar-refractivity contribution in [2.45, 2.75) is 44.4 Å². The molecule has 1 saturated heterocycles. The summed E-state index contributed by atoms with van der Waals surface area (Å²) in [5.74, 6) is -0.160. The van der Waals surface area contributed by atoms with E-state index >= 15 is 0 Å². The highest BCUT2D eigenvalue weighted by Gasteiger charge is 2.21. The molecule has 0 bridgehead atoms. The molecule has 3 atom stereocenters. The quantitative estimate of drug-likeness (QED) is 0.675. The average Bonchev–Trinajstić information content (AvgIpc) is 2.70. The molecule has 1 amide bonds. The molecule has 0 aliphatic carbocycles. The van der Waals surface area contributed by atoms with E-state index in [9.17, 15) is 4.79 Å². The van der Waals surface area contributed by atoms with Gasteiger partial charge in [0.2, 0.25) is 5.91 Å². The van der Waals surface area contributed by atoms with Gasteiger partial charge in [0.05, 0.1) is 12.7 Å². The number of hydrogen-bond donors (Lipinski definition) is 2. The second kappa shape index (κ2) is 6.83. The summed E-state index contributed by atoms with van der Waals surface area (Å²) in [6.45, 7) is 3.06. The summed E-state index contributed by atoms with van der Waals surface area (Å²) in [7, 11) is 1.53. The van der Waals surface area contributed by atoms with E-state index in [4.69, 9.17) is 15.2 Å². The van der Waals surface area contributed by atoms with Crippen LogP contribution in [0.25, 0.3) is 0 Å². The number of nitrogens with two attached hydrogens (primary N) is 1. The number of carbonyl (C=O) groups is 1. The van der Waals surface area contributed by atoms with Gasteiger partial charge in [-0.25, -0.2) is 0 Å². The van der Waals surface area contributed by atoms with Crippen molar-refractivity contribution in [3.8, 4) is 0 Å². The predicted octanol–water partition coefficient (Wildman–Crippen LogP) is 0.0339. The number of carbonyl (C=O) groups excluding carboxylic acids is 1. The maximum absolute atomic E-state index is 11.6. The van der Waals surface area contributed by atoms with Crippen molar-refractivity contribution in [2.24, 2.45) is 5.73 Å². The lowest BCUT2D eigenvalue weighted by Crippen LogP contribution is -2.47. The summed E-state index contributed by atoms with van der Waals surface area (Å²) in [5, 5.41) is 2.87. The number of ether oxygens (including phenoxy) is 2. The van der Waals surface area contributed by atoms with Crippen molar-refractivity contribution in [1.29, 1.82) is 0 Å². The zero-order valence-corrected chi connectivity index (χ0v) is 10.1. The molecular formula is C11H22N2O3. The highest BCUT2D eigenvalue weighted by atomic mass is 16.5. The Morgan fingerprint density at radius 3 is 3.00 bits per heavy atom. The topological polar surface area (TPSA) is 73.6 Å². The van der Waals surface area contributed by atoms with E-state index in [0.29, 0.717) is 0 Å². The van der Waals surface area contributed by atoms with Crippen molar-refractivity contribution < 1.29 is 14.3 Å². The van der Waals surface area contributed by atoms with Gasteiger partial charge in [0.1, 0.15) is 6.04 Å². The first-order valence-corrected chi connectivity index (χ1v) is 5.80. The van der Waals surface area contributed by atoms with Gasteiger partial charge in [-0.15, -0.1) is 0 Å². The average molecular weight is 230 g/mol. The highest BCUT2D eigenvalue weighted by molar-refractivity contribution is 5.81. The summed E-state index contributed by atoms with van der Waals surface area (Å²) in [6, 6.07) is -0.490. The Labute approximate surface area is 96.7 Å². The summed E-state index contributed by atoms with van der Waals surface area (Å²) >= 11 is 0. The number of nitrogens with one attached hydrogen (secondary N) is 1. The van der Waals surface area contributed by atoms with Crippen LogP contribution in [0.1, 0.15) is 26.2 Å². The molecule has 0 aromatic rings. The zero-order chi connectivity index (χ0) is 12.0. The first-order valence-electron chi connectivity index (χ1n) is 5.80. The molecule has 1 aliphatic heterocycles. The van der Waals surface area contributed by atoms with Crippen LogP contribution >= 0.6 is 0 Å². The largest absolute Gasteiger partial charge is 0.383 e. The van der Waals surface area contributed by atoms with Gasteiger partial charge >= 0.3 is 0 Å². The fourth-order valence-corrected chi connectivity index (χ4v) is 1.89. The van der Waals surface area contributed by atoms with Crippen LogP contribution in [-0.4, -0.2) is 44.4 Å². The van der Waals surface area contributed by atoms with E-state index in [1.165, 1.54) is 7.11 Å². The fourth-order valence-electron chi connectivity index (χ4n) is 1.89. The summed E-state index contributed by atoms with van der Waals surface area (Å²) in [4.78, 5) is 11.6. The van der Waals surface area contributed by atoms with Gasteiger partial charge in [-0.05, 0) is 26.2 Å². The Balaban J connectivity index is 2.21. The van der Waals surface area contributed by atoms with Gasteiger partial charge in [-0.2, -0.15) is 0 Å². The van der Waals surface area contributed by atoms with E-state index in [1.807, 2.05) is 6.92 Å². The van der Waals surface area contributed by atoms with Crippen molar-refractivity contribution in [2.75, 3.05) is 20.3 Å². The van der Waals surface area contributed by atoms with Gasteiger partial charge in [0.25, 0.3) is 0 Å². The van der Waals surface area contributed by atoms with Crippen molar-refractivity contribution >= 4 is 5.91 Å². The van der Waals surface area contributed by atoms with Crippen LogP contribution in [0, 0.1) is 0 Å². The molecule has 1 rings (SSSR count). The monoisotopic (exact) mass is 230 g/mol. The molecule has 94 valence electrons. The van der Waals surface area contributed by atoms with Gasteiger partial charge in [0.15, 0.2) is 0 Å². The van der Waals surface area contributed by atoms with Gasteiger partial charge in [-0.3, -0.25) is 4.79 Å². The smallest absolute Gasteiger partial charge is 0.239 e. The molecule has 16 heavy (non-hydrogen) atoms. The van der Waals surface area contributed by atoms with Gasteiger partial charge in [0, 0.05) is 19.8 Å². The highest BCUT2D eigenvalue weighted by Crippen LogP contribution is 2.16. The number of methoxy groups -OCH3 is 1. The van der Waals surface area contributed by atoms with Crippen LogP contribution < -0.4 is 11.1 Å². The maximum atomic E-state index is 11.6. The second-order valence-corrected chi connectivity index (χ2v) is 4.34. The minimum absolute atomic E-state index is 0.0958. The van der Waals surface area contributed by atoms with Gasteiger partial charge in [-0.1, -0.05) is 0 Å². The standard InChI is InChI=1S/C11H22N2O3/c1-8(6-9-4-3-5-16-9)13-11(14)10(12)7-15-2/h8-10H,3-7,12H2,1-2H3,(H,13,14). The molecule has 3 unspecified atom stereocenters. The number of rotatable bonds is 6. The molecule has 3 N–H and O–H groups in total. The lowest BCUT2D eigenvalue weighted by Gasteiger charge is -2.19. The number of hydrogen-bond acceptors (Lipinski definition) is 4. The van der Waals surface area contributed by atoms with Crippen molar-refractivity contribution in [3.05, 3.63) is 0 Å². The van der Waals surface area contributed by atoms with Crippen LogP contribution in [0.5, 0.6) is 0 Å². The van der Waals surface area contributed by atoms with Crippen molar-refractivity contribution in [3.63, 3.8) is 0 Å². The summed E-state index contributed by atoms with van der Waals surface area (Å²) in [5.41, 5.74) is 5.62. The Hall–Kier alpha value is -0.650. The molecule has 0 radical (unpaired) electrons. The third kappa shape index (κ3) is 4.47. The van der Waals surface area contributed by atoms with E-state index in [0.717, 1.165) is 25.9 Å². The van der Waals surface area contributed by atoms with Crippen molar-refractivity contribution in [1.82, 2.24) is 5.32 Å². The van der Waals surface area contributed by atoms with Gasteiger partial charge < -0.3 is 20.5 Å². The molecule has 0 saturated carbocycles.